The second-order valence-corrected chi connectivity index (χ2v) is 4.49. The maximum Gasteiger partial charge on any atom is 0.287 e. The van der Waals surface area contributed by atoms with Gasteiger partial charge in [-0.05, 0) is 24.1 Å². The fraction of sp³-hybridized carbons (Fsp3) is 0.231. The Bertz CT molecular complexity index is 642. The lowest BCUT2D eigenvalue weighted by Crippen LogP contribution is -2.21. The van der Waals surface area contributed by atoms with Crippen LogP contribution in [0, 0.1) is 5.82 Å². The van der Waals surface area contributed by atoms with E-state index < -0.39 is 0 Å². The third kappa shape index (κ3) is 3.32. The van der Waals surface area contributed by atoms with Crippen LogP contribution in [0.1, 0.15) is 5.56 Å². The average Bonchev–Trinajstić information content (AvgIpc) is 2.39. The Labute approximate surface area is 114 Å². The summed E-state index contributed by atoms with van der Waals surface area (Å²) in [4.78, 5) is 11.5. The molecule has 0 radical (unpaired) electrons. The van der Waals surface area contributed by atoms with Gasteiger partial charge in [-0.25, -0.2) is 9.07 Å². The zero-order chi connectivity index (χ0) is 13.8. The minimum atomic E-state index is -0.350. The molecule has 0 fully saturated rings. The van der Waals surface area contributed by atoms with E-state index in [0.717, 1.165) is 5.56 Å². The number of rotatable bonds is 4. The number of nitrogens with zero attached hydrogens (tertiary/aromatic N) is 2. The fourth-order valence-corrected chi connectivity index (χ4v) is 1.91. The van der Waals surface area contributed by atoms with Crippen molar-refractivity contribution in [3.8, 4) is 0 Å². The molecule has 1 aromatic heterocycles. The van der Waals surface area contributed by atoms with Crippen molar-refractivity contribution in [3.05, 3.63) is 57.2 Å². The van der Waals surface area contributed by atoms with Crippen LogP contribution in [0.4, 0.5) is 10.1 Å². The van der Waals surface area contributed by atoms with Gasteiger partial charge >= 0.3 is 0 Å². The number of nitrogens with one attached hydrogen (secondary N) is 1. The van der Waals surface area contributed by atoms with Crippen molar-refractivity contribution in [1.29, 1.82) is 0 Å². The van der Waals surface area contributed by atoms with Crippen LogP contribution in [-0.4, -0.2) is 16.3 Å². The molecule has 2 rings (SSSR count). The molecule has 0 unspecified atom stereocenters. The molecule has 0 aliphatic heterocycles. The van der Waals surface area contributed by atoms with Crippen molar-refractivity contribution in [1.82, 2.24) is 9.78 Å². The summed E-state index contributed by atoms with van der Waals surface area (Å²) in [6.45, 7) is 0.540. The van der Waals surface area contributed by atoms with Crippen molar-refractivity contribution >= 4 is 17.3 Å². The molecule has 100 valence electrons. The molecule has 0 spiro atoms. The van der Waals surface area contributed by atoms with Crippen LogP contribution in [0.25, 0.3) is 0 Å². The Morgan fingerprint density at radius 1 is 1.47 bits per heavy atom. The lowest BCUT2D eigenvalue weighted by Gasteiger charge is -2.08. The predicted molar refractivity (Wildman–Crippen MR) is 73.1 cm³/mol. The predicted octanol–water partition coefficient (Wildman–Crippen LogP) is 2.23. The minimum absolute atomic E-state index is 0.108. The first-order chi connectivity index (χ1) is 9.08. The molecule has 0 saturated carbocycles. The van der Waals surface area contributed by atoms with Crippen LogP contribution in [0.5, 0.6) is 0 Å². The van der Waals surface area contributed by atoms with E-state index in [1.54, 1.807) is 6.07 Å². The van der Waals surface area contributed by atoms with Crippen LogP contribution in [-0.2, 0) is 13.5 Å². The van der Waals surface area contributed by atoms with E-state index >= 15 is 0 Å². The number of halogens is 2. The zero-order valence-corrected chi connectivity index (χ0v) is 11.1. The highest BCUT2D eigenvalue weighted by Crippen LogP contribution is 2.15. The highest BCUT2D eigenvalue weighted by molar-refractivity contribution is 6.32. The molecule has 0 atom stereocenters. The van der Waals surface area contributed by atoms with E-state index in [2.05, 4.69) is 10.4 Å². The molecule has 19 heavy (non-hydrogen) atoms. The lowest BCUT2D eigenvalue weighted by molar-refractivity contribution is 0.625. The van der Waals surface area contributed by atoms with Crippen molar-refractivity contribution in [2.24, 2.45) is 7.05 Å². The Kier molecular flexibility index (Phi) is 4.16. The molecule has 0 bridgehead atoms. The average molecular weight is 282 g/mol. The standard InChI is InChI=1S/C13H13ClFN3O/c1-18-13(19)12(14)11(8-17-18)16-6-5-9-3-2-4-10(15)7-9/h2-4,7-8,16H,5-6H2,1H3. The maximum absolute atomic E-state index is 13.0. The van der Waals surface area contributed by atoms with Gasteiger partial charge in [0.2, 0.25) is 0 Å². The van der Waals surface area contributed by atoms with E-state index in [9.17, 15) is 9.18 Å². The lowest BCUT2D eigenvalue weighted by atomic mass is 10.1. The van der Waals surface area contributed by atoms with Crippen molar-refractivity contribution in [3.63, 3.8) is 0 Å². The summed E-state index contributed by atoms with van der Waals surface area (Å²) >= 11 is 5.91. The number of hydrogen-bond acceptors (Lipinski definition) is 3. The van der Waals surface area contributed by atoms with Gasteiger partial charge in [0, 0.05) is 13.6 Å². The van der Waals surface area contributed by atoms with Crippen LogP contribution in [0.3, 0.4) is 0 Å². The van der Waals surface area contributed by atoms with E-state index in [4.69, 9.17) is 11.6 Å². The molecule has 0 aliphatic carbocycles. The highest BCUT2D eigenvalue weighted by Gasteiger charge is 2.06. The second-order valence-electron chi connectivity index (χ2n) is 4.11. The van der Waals surface area contributed by atoms with Crippen molar-refractivity contribution in [2.45, 2.75) is 6.42 Å². The Balaban J connectivity index is 2.00. The fourth-order valence-electron chi connectivity index (χ4n) is 1.67. The maximum atomic E-state index is 13.0. The molecule has 0 aliphatic rings. The summed E-state index contributed by atoms with van der Waals surface area (Å²) in [7, 11) is 1.53. The monoisotopic (exact) mass is 281 g/mol. The quantitative estimate of drug-likeness (QED) is 0.935. The van der Waals surface area contributed by atoms with Gasteiger partial charge in [0.1, 0.15) is 10.8 Å². The van der Waals surface area contributed by atoms with Crippen LogP contribution in [0.2, 0.25) is 5.02 Å². The topological polar surface area (TPSA) is 46.9 Å². The smallest absolute Gasteiger partial charge is 0.287 e. The molecule has 4 nitrogen and oxygen atoms in total. The summed E-state index contributed by atoms with van der Waals surface area (Å²) < 4.78 is 14.2. The van der Waals surface area contributed by atoms with Gasteiger partial charge < -0.3 is 5.32 Å². The van der Waals surface area contributed by atoms with Gasteiger partial charge in [-0.1, -0.05) is 23.7 Å². The molecule has 1 N–H and O–H groups in total. The number of hydrogen-bond donors (Lipinski definition) is 1. The van der Waals surface area contributed by atoms with E-state index in [1.807, 2.05) is 6.07 Å². The summed E-state index contributed by atoms with van der Waals surface area (Å²) in [5.41, 5.74) is 1.01. The van der Waals surface area contributed by atoms with E-state index in [0.29, 0.717) is 18.7 Å². The molecule has 1 aromatic carbocycles. The summed E-state index contributed by atoms with van der Waals surface area (Å²) in [5, 5.41) is 7.00. The van der Waals surface area contributed by atoms with Gasteiger partial charge in [-0.3, -0.25) is 4.79 Å². The summed E-state index contributed by atoms with van der Waals surface area (Å²) in [6, 6.07) is 6.39. The largest absolute Gasteiger partial charge is 0.382 e. The normalized spacial score (nSPS) is 10.5. The molecule has 6 heteroatoms. The number of aryl methyl sites for hydroxylation is 1. The summed E-state index contributed by atoms with van der Waals surface area (Å²) in [6.07, 6.45) is 2.12. The van der Waals surface area contributed by atoms with Crippen LogP contribution in [0.15, 0.2) is 35.3 Å². The molecule has 2 aromatic rings. The van der Waals surface area contributed by atoms with Crippen molar-refractivity contribution in [2.75, 3.05) is 11.9 Å². The summed E-state index contributed by atoms with van der Waals surface area (Å²) in [5.74, 6) is -0.259. The Morgan fingerprint density at radius 2 is 2.26 bits per heavy atom. The van der Waals surface area contributed by atoms with Gasteiger partial charge in [0.15, 0.2) is 0 Å². The molecule has 1 heterocycles. The van der Waals surface area contributed by atoms with Gasteiger partial charge in [0.25, 0.3) is 5.56 Å². The third-order valence-electron chi connectivity index (χ3n) is 2.70. The molecule has 0 saturated heterocycles. The first-order valence-corrected chi connectivity index (χ1v) is 6.16. The molecular formula is C13H13ClFN3O. The van der Waals surface area contributed by atoms with Crippen LogP contribution < -0.4 is 10.9 Å². The molecule has 0 amide bonds. The highest BCUT2D eigenvalue weighted by atomic mass is 35.5. The van der Waals surface area contributed by atoms with Gasteiger partial charge in [-0.15, -0.1) is 0 Å². The van der Waals surface area contributed by atoms with Crippen molar-refractivity contribution < 1.29 is 4.39 Å². The Morgan fingerprint density at radius 3 is 3.00 bits per heavy atom. The molecular weight excluding hydrogens is 269 g/mol. The minimum Gasteiger partial charge on any atom is -0.382 e. The second kappa shape index (κ2) is 5.84. The number of benzene rings is 1. The van der Waals surface area contributed by atoms with Gasteiger partial charge in [-0.2, -0.15) is 5.10 Å². The van der Waals surface area contributed by atoms with Gasteiger partial charge in [0.05, 0.1) is 11.9 Å². The number of anilines is 1. The van der Waals surface area contributed by atoms with E-state index in [-0.39, 0.29) is 16.4 Å². The third-order valence-corrected chi connectivity index (χ3v) is 3.06. The number of aromatic nitrogens is 2. The SMILES string of the molecule is Cn1ncc(NCCc2cccc(F)c2)c(Cl)c1=O. The van der Waals surface area contributed by atoms with Crippen LogP contribution >= 0.6 is 11.6 Å². The Hall–Kier alpha value is -1.88. The van der Waals surface area contributed by atoms with E-state index in [1.165, 1.54) is 30.1 Å². The first-order valence-electron chi connectivity index (χ1n) is 5.78. The first kappa shape index (κ1) is 13.5. The zero-order valence-electron chi connectivity index (χ0n) is 10.4.